The molecule has 2 rings (SSSR count). The summed E-state index contributed by atoms with van der Waals surface area (Å²) in [7, 11) is 0. The van der Waals surface area contributed by atoms with E-state index in [1.807, 2.05) is 12.1 Å². The largest absolute Gasteiger partial charge is 0.465 e. The maximum absolute atomic E-state index is 12.8. The van der Waals surface area contributed by atoms with E-state index < -0.39 is 0 Å². The summed E-state index contributed by atoms with van der Waals surface area (Å²) in [6, 6.07) is 4.09. The number of ether oxygens (including phenoxy) is 1. The van der Waals surface area contributed by atoms with Crippen LogP contribution < -0.4 is 0 Å². The summed E-state index contributed by atoms with van der Waals surface area (Å²) in [5, 5.41) is 0. The van der Waals surface area contributed by atoms with E-state index in [0.29, 0.717) is 12.2 Å². The second kappa shape index (κ2) is 7.75. The Labute approximate surface area is 164 Å². The molecule has 1 aliphatic carbocycles. The molecule has 0 saturated heterocycles. The van der Waals surface area contributed by atoms with Crippen LogP contribution in [0.4, 0.5) is 0 Å². The molecule has 7 heteroatoms. The molecule has 0 aliphatic heterocycles. The number of hydrogen-bond acceptors (Lipinski definition) is 3. The molecular formula is C14H14I3NO3. The number of rotatable bonds is 5. The van der Waals surface area contributed by atoms with E-state index in [9.17, 15) is 9.59 Å². The molecule has 0 spiro atoms. The molecular weight excluding hydrogens is 611 g/mol. The molecule has 0 N–H and O–H groups in total. The zero-order valence-corrected chi connectivity index (χ0v) is 17.8. The van der Waals surface area contributed by atoms with Gasteiger partial charge >= 0.3 is 5.97 Å². The molecule has 4 nitrogen and oxygen atoms in total. The highest BCUT2D eigenvalue weighted by Crippen LogP contribution is 2.30. The summed E-state index contributed by atoms with van der Waals surface area (Å²) in [4.78, 5) is 26.2. The lowest BCUT2D eigenvalue weighted by Crippen LogP contribution is -2.38. The topological polar surface area (TPSA) is 46.6 Å². The number of carbonyl (C=O) groups is 2. The quantitative estimate of drug-likeness (QED) is 0.286. The Morgan fingerprint density at radius 2 is 1.95 bits per heavy atom. The van der Waals surface area contributed by atoms with E-state index in [-0.39, 0.29) is 24.5 Å². The molecule has 0 radical (unpaired) electrons. The number of benzene rings is 1. The standard InChI is InChI=1S/C14H14I3NO3/c1-2-21-12(19)7-18(9-3-4-9)14(20)10-5-8(15)6-11(16)13(10)17/h5-6,9H,2-4,7H2,1H3. The van der Waals surface area contributed by atoms with E-state index in [0.717, 1.165) is 23.6 Å². The summed E-state index contributed by atoms with van der Waals surface area (Å²) in [5.74, 6) is -0.417. The minimum atomic E-state index is -0.340. The van der Waals surface area contributed by atoms with Gasteiger partial charge in [0.15, 0.2) is 0 Å². The first-order chi connectivity index (χ1) is 9.93. The maximum atomic E-state index is 12.8. The molecule has 1 aliphatic rings. The maximum Gasteiger partial charge on any atom is 0.325 e. The highest BCUT2D eigenvalue weighted by atomic mass is 127. The Hall–Kier alpha value is 0.350. The SMILES string of the molecule is CCOC(=O)CN(C(=O)c1cc(I)cc(I)c1I)C1CC1. The molecule has 21 heavy (non-hydrogen) atoms. The van der Waals surface area contributed by atoms with E-state index in [1.54, 1.807) is 11.8 Å². The molecule has 0 aromatic heterocycles. The summed E-state index contributed by atoms with van der Waals surface area (Å²) >= 11 is 6.63. The second-order valence-corrected chi connectivity index (χ2v) is 8.20. The number of hydrogen-bond donors (Lipinski definition) is 0. The summed E-state index contributed by atoms with van der Waals surface area (Å²) in [6.07, 6.45) is 1.92. The summed E-state index contributed by atoms with van der Waals surface area (Å²) in [5.41, 5.74) is 0.670. The third kappa shape index (κ3) is 4.66. The van der Waals surface area contributed by atoms with Crippen LogP contribution >= 0.6 is 67.8 Å². The lowest BCUT2D eigenvalue weighted by atomic mass is 10.2. The first kappa shape index (κ1) is 17.7. The predicted molar refractivity (Wildman–Crippen MR) is 105 cm³/mol. The van der Waals surface area contributed by atoms with Gasteiger partial charge in [-0.05, 0) is 99.7 Å². The van der Waals surface area contributed by atoms with Crippen molar-refractivity contribution in [2.45, 2.75) is 25.8 Å². The fourth-order valence-corrected chi connectivity index (χ4v) is 4.35. The fourth-order valence-electron chi connectivity index (χ4n) is 1.96. The average molecular weight is 625 g/mol. The molecule has 0 unspecified atom stereocenters. The molecule has 1 fully saturated rings. The predicted octanol–water partition coefficient (Wildman–Crippen LogP) is 3.67. The monoisotopic (exact) mass is 625 g/mol. The van der Waals surface area contributed by atoms with Crippen molar-refractivity contribution in [3.05, 3.63) is 28.4 Å². The lowest BCUT2D eigenvalue weighted by molar-refractivity contribution is -0.144. The van der Waals surface area contributed by atoms with Crippen LogP contribution in [0.1, 0.15) is 30.1 Å². The second-order valence-electron chi connectivity index (χ2n) is 4.72. The van der Waals surface area contributed by atoms with Crippen LogP contribution in [-0.2, 0) is 9.53 Å². The Kier molecular flexibility index (Phi) is 6.53. The fraction of sp³-hybridized carbons (Fsp3) is 0.429. The van der Waals surface area contributed by atoms with Crippen molar-refractivity contribution in [2.75, 3.05) is 13.2 Å². The van der Waals surface area contributed by atoms with E-state index >= 15 is 0 Å². The van der Waals surface area contributed by atoms with Gasteiger partial charge in [-0.25, -0.2) is 0 Å². The van der Waals surface area contributed by atoms with Gasteiger partial charge in [0.2, 0.25) is 0 Å². The number of carbonyl (C=O) groups excluding carboxylic acids is 2. The van der Waals surface area contributed by atoms with Gasteiger partial charge in [-0.15, -0.1) is 0 Å². The molecule has 1 saturated carbocycles. The van der Waals surface area contributed by atoms with Crippen LogP contribution in [0.3, 0.4) is 0 Å². The number of esters is 1. The lowest BCUT2D eigenvalue weighted by Gasteiger charge is -2.22. The normalized spacial score (nSPS) is 13.9. The molecule has 0 atom stereocenters. The zero-order chi connectivity index (χ0) is 15.6. The van der Waals surface area contributed by atoms with Crippen molar-refractivity contribution in [2.24, 2.45) is 0 Å². The van der Waals surface area contributed by atoms with Crippen molar-refractivity contribution in [3.8, 4) is 0 Å². The van der Waals surface area contributed by atoms with Gasteiger partial charge < -0.3 is 9.64 Å². The molecule has 0 heterocycles. The van der Waals surface area contributed by atoms with Gasteiger partial charge in [0.05, 0.1) is 12.2 Å². The van der Waals surface area contributed by atoms with Gasteiger partial charge in [0.1, 0.15) is 6.54 Å². The molecule has 114 valence electrons. The summed E-state index contributed by atoms with van der Waals surface area (Å²) < 4.78 is 7.99. The number of halogens is 3. The summed E-state index contributed by atoms with van der Waals surface area (Å²) in [6.45, 7) is 2.14. The third-order valence-corrected chi connectivity index (χ3v) is 6.74. The van der Waals surface area contributed by atoms with Gasteiger partial charge in [-0.2, -0.15) is 0 Å². The van der Waals surface area contributed by atoms with E-state index in [4.69, 9.17) is 4.74 Å². The van der Waals surface area contributed by atoms with E-state index in [1.165, 1.54) is 0 Å². The first-order valence-corrected chi connectivity index (χ1v) is 9.78. The Morgan fingerprint density at radius 1 is 1.29 bits per heavy atom. The smallest absolute Gasteiger partial charge is 0.325 e. The molecule has 1 aromatic carbocycles. The molecule has 1 aromatic rings. The van der Waals surface area contributed by atoms with Gasteiger partial charge in [-0.1, -0.05) is 0 Å². The van der Waals surface area contributed by atoms with Gasteiger partial charge in [0, 0.05) is 16.8 Å². The average Bonchev–Trinajstić information content (AvgIpc) is 3.24. The van der Waals surface area contributed by atoms with E-state index in [2.05, 4.69) is 67.8 Å². The highest BCUT2D eigenvalue weighted by molar-refractivity contribution is 14.1. The van der Waals surface area contributed by atoms with Crippen LogP contribution in [0.2, 0.25) is 0 Å². The van der Waals surface area contributed by atoms with Crippen LogP contribution in [0, 0.1) is 10.7 Å². The molecule has 1 amide bonds. The number of nitrogens with zero attached hydrogens (tertiary/aromatic N) is 1. The zero-order valence-electron chi connectivity index (χ0n) is 11.4. The minimum Gasteiger partial charge on any atom is -0.465 e. The van der Waals surface area contributed by atoms with Gasteiger partial charge in [-0.3, -0.25) is 9.59 Å². The highest BCUT2D eigenvalue weighted by Gasteiger charge is 2.35. The Morgan fingerprint density at radius 3 is 2.52 bits per heavy atom. The third-order valence-electron chi connectivity index (χ3n) is 3.08. The first-order valence-electron chi connectivity index (χ1n) is 6.55. The van der Waals surface area contributed by atoms with Crippen molar-refractivity contribution < 1.29 is 14.3 Å². The van der Waals surface area contributed by atoms with Gasteiger partial charge in [0.25, 0.3) is 5.91 Å². The Bertz CT molecular complexity index is 573. The van der Waals surface area contributed by atoms with Crippen molar-refractivity contribution in [1.82, 2.24) is 4.90 Å². The van der Waals surface area contributed by atoms with Crippen molar-refractivity contribution in [1.29, 1.82) is 0 Å². The number of amides is 1. The van der Waals surface area contributed by atoms with Crippen LogP contribution in [0.25, 0.3) is 0 Å². The van der Waals surface area contributed by atoms with Crippen molar-refractivity contribution in [3.63, 3.8) is 0 Å². The Balaban J connectivity index is 2.25. The van der Waals surface area contributed by atoms with Crippen molar-refractivity contribution >= 4 is 79.6 Å². The van der Waals surface area contributed by atoms with Crippen LogP contribution in [0.5, 0.6) is 0 Å². The minimum absolute atomic E-state index is 0.0372. The van der Waals surface area contributed by atoms with Crippen LogP contribution in [-0.4, -0.2) is 36.0 Å². The molecule has 0 bridgehead atoms. The van der Waals surface area contributed by atoms with Crippen LogP contribution in [0.15, 0.2) is 12.1 Å².